The molecule has 0 unspecified atom stereocenters. The quantitative estimate of drug-likeness (QED) is 0.801. The lowest BCUT2D eigenvalue weighted by Crippen LogP contribution is -2.50. The summed E-state index contributed by atoms with van der Waals surface area (Å²) >= 11 is 0. The van der Waals surface area contributed by atoms with Crippen LogP contribution in [0.4, 0.5) is 0 Å². The molecule has 0 saturated heterocycles. The predicted octanol–water partition coefficient (Wildman–Crippen LogP) is 3.07. The summed E-state index contributed by atoms with van der Waals surface area (Å²) in [7, 11) is 0. The van der Waals surface area contributed by atoms with Gasteiger partial charge in [0.2, 0.25) is 0 Å². The van der Waals surface area contributed by atoms with Crippen molar-refractivity contribution in [1.82, 2.24) is 0 Å². The number of hydrogen-bond donors (Lipinski definition) is 2. The molecule has 1 aliphatic rings. The van der Waals surface area contributed by atoms with Gasteiger partial charge in [-0.05, 0) is 29.4 Å². The van der Waals surface area contributed by atoms with Crippen LogP contribution in [0.3, 0.4) is 0 Å². The molecule has 3 N–H and O–H groups in total. The van der Waals surface area contributed by atoms with Crippen LogP contribution in [0.25, 0.3) is 0 Å². The van der Waals surface area contributed by atoms with Gasteiger partial charge in [0.1, 0.15) is 0 Å². The van der Waals surface area contributed by atoms with Gasteiger partial charge in [0, 0.05) is 0 Å². The Kier molecular flexibility index (Phi) is 3.52. The molecule has 18 heavy (non-hydrogen) atoms. The number of rotatable bonds is 1. The minimum atomic E-state index is -0.556. The first-order valence-electron chi connectivity index (χ1n) is 6.92. The fourth-order valence-electron chi connectivity index (χ4n) is 2.79. The van der Waals surface area contributed by atoms with Crippen molar-refractivity contribution in [1.29, 1.82) is 0 Å². The number of aliphatic hydroxyl groups excluding tert-OH is 1. The average Bonchev–Trinajstić information content (AvgIpc) is 2.32. The summed E-state index contributed by atoms with van der Waals surface area (Å²) in [5, 5.41) is 10.3. The summed E-state index contributed by atoms with van der Waals surface area (Å²) in [4.78, 5) is 0. The SMILES string of the molecule is CC(C)(C)c1cccc([C@@]2(N)CCCC[C@@H]2O)c1. The normalized spacial score (nSPS) is 29.3. The Morgan fingerprint density at radius 3 is 2.61 bits per heavy atom. The highest BCUT2D eigenvalue weighted by Crippen LogP contribution is 2.36. The molecule has 0 heterocycles. The van der Waals surface area contributed by atoms with Crippen molar-refractivity contribution in [2.45, 2.75) is 63.5 Å². The van der Waals surface area contributed by atoms with Crippen molar-refractivity contribution in [2.24, 2.45) is 5.73 Å². The van der Waals surface area contributed by atoms with Crippen LogP contribution in [0.5, 0.6) is 0 Å². The molecule has 0 amide bonds. The maximum Gasteiger partial charge on any atom is 0.0761 e. The summed E-state index contributed by atoms with van der Waals surface area (Å²) in [6, 6.07) is 8.44. The fraction of sp³-hybridized carbons (Fsp3) is 0.625. The third kappa shape index (κ3) is 2.45. The molecule has 2 heteroatoms. The van der Waals surface area contributed by atoms with Gasteiger partial charge in [-0.25, -0.2) is 0 Å². The van der Waals surface area contributed by atoms with Crippen molar-refractivity contribution < 1.29 is 5.11 Å². The van der Waals surface area contributed by atoms with E-state index in [9.17, 15) is 5.11 Å². The van der Waals surface area contributed by atoms with Crippen LogP contribution < -0.4 is 5.73 Å². The monoisotopic (exact) mass is 247 g/mol. The topological polar surface area (TPSA) is 46.2 Å². The van der Waals surface area contributed by atoms with E-state index in [4.69, 9.17) is 5.73 Å². The van der Waals surface area contributed by atoms with Crippen LogP contribution in [0.2, 0.25) is 0 Å². The van der Waals surface area contributed by atoms with E-state index in [1.54, 1.807) is 0 Å². The molecule has 100 valence electrons. The Hall–Kier alpha value is -0.860. The third-order valence-corrected chi connectivity index (χ3v) is 4.18. The number of benzene rings is 1. The van der Waals surface area contributed by atoms with Crippen molar-refractivity contribution in [3.8, 4) is 0 Å². The molecule has 2 atom stereocenters. The molecule has 1 saturated carbocycles. The summed E-state index contributed by atoms with van der Waals surface area (Å²) in [5.74, 6) is 0. The summed E-state index contributed by atoms with van der Waals surface area (Å²) in [6.07, 6.45) is 3.46. The van der Waals surface area contributed by atoms with Gasteiger partial charge in [-0.1, -0.05) is 57.9 Å². The minimum Gasteiger partial charge on any atom is -0.391 e. The van der Waals surface area contributed by atoms with E-state index in [1.807, 2.05) is 0 Å². The van der Waals surface area contributed by atoms with Crippen LogP contribution in [0, 0.1) is 0 Å². The number of hydrogen-bond acceptors (Lipinski definition) is 2. The smallest absolute Gasteiger partial charge is 0.0761 e. The molecule has 2 nitrogen and oxygen atoms in total. The van der Waals surface area contributed by atoms with E-state index in [1.165, 1.54) is 5.56 Å². The van der Waals surface area contributed by atoms with E-state index in [0.717, 1.165) is 31.2 Å². The largest absolute Gasteiger partial charge is 0.391 e. The second-order valence-corrected chi connectivity index (χ2v) is 6.63. The molecular weight excluding hydrogens is 222 g/mol. The molecule has 2 rings (SSSR count). The van der Waals surface area contributed by atoms with Gasteiger partial charge >= 0.3 is 0 Å². The molecule has 0 aromatic heterocycles. The Labute approximate surface area is 110 Å². The summed E-state index contributed by atoms with van der Waals surface area (Å²) < 4.78 is 0. The molecule has 0 aliphatic heterocycles. The lowest BCUT2D eigenvalue weighted by molar-refractivity contribution is 0.0449. The van der Waals surface area contributed by atoms with Gasteiger partial charge in [-0.15, -0.1) is 0 Å². The molecule has 1 aromatic carbocycles. The van der Waals surface area contributed by atoms with E-state index in [2.05, 4.69) is 45.0 Å². The Bertz CT molecular complexity index is 421. The zero-order valence-electron chi connectivity index (χ0n) is 11.7. The number of aliphatic hydroxyl groups is 1. The van der Waals surface area contributed by atoms with E-state index >= 15 is 0 Å². The summed E-state index contributed by atoms with van der Waals surface area (Å²) in [5.41, 5.74) is 8.41. The lowest BCUT2D eigenvalue weighted by Gasteiger charge is -2.39. The first-order chi connectivity index (χ1) is 8.34. The first-order valence-corrected chi connectivity index (χ1v) is 6.92. The van der Waals surface area contributed by atoms with Gasteiger partial charge in [-0.3, -0.25) is 0 Å². The van der Waals surface area contributed by atoms with Crippen LogP contribution in [0.1, 0.15) is 57.6 Å². The molecule has 0 spiro atoms. The maximum absolute atomic E-state index is 10.3. The second kappa shape index (κ2) is 4.67. The van der Waals surface area contributed by atoms with Crippen molar-refractivity contribution in [3.05, 3.63) is 35.4 Å². The highest BCUT2D eigenvalue weighted by molar-refractivity contribution is 5.34. The minimum absolute atomic E-state index is 0.117. The van der Waals surface area contributed by atoms with Crippen molar-refractivity contribution in [2.75, 3.05) is 0 Å². The zero-order chi connectivity index (χ0) is 13.4. The molecule has 1 aromatic rings. The Morgan fingerprint density at radius 1 is 1.28 bits per heavy atom. The van der Waals surface area contributed by atoms with Gasteiger partial charge in [0.25, 0.3) is 0 Å². The van der Waals surface area contributed by atoms with Crippen LogP contribution in [-0.2, 0) is 11.0 Å². The zero-order valence-corrected chi connectivity index (χ0v) is 11.7. The Morgan fingerprint density at radius 2 is 2.00 bits per heavy atom. The van der Waals surface area contributed by atoms with Crippen LogP contribution in [0.15, 0.2) is 24.3 Å². The number of nitrogens with two attached hydrogens (primary N) is 1. The van der Waals surface area contributed by atoms with E-state index in [0.29, 0.717) is 0 Å². The van der Waals surface area contributed by atoms with Gasteiger partial charge in [0.05, 0.1) is 11.6 Å². The predicted molar refractivity (Wildman–Crippen MR) is 75.5 cm³/mol. The first kappa shape index (κ1) is 13.6. The lowest BCUT2D eigenvalue weighted by atomic mass is 9.73. The highest BCUT2D eigenvalue weighted by Gasteiger charge is 2.38. The average molecular weight is 247 g/mol. The van der Waals surface area contributed by atoms with Gasteiger partial charge < -0.3 is 10.8 Å². The van der Waals surface area contributed by atoms with Gasteiger partial charge in [-0.2, -0.15) is 0 Å². The van der Waals surface area contributed by atoms with Crippen LogP contribution in [-0.4, -0.2) is 11.2 Å². The molecule has 0 bridgehead atoms. The molecular formula is C16H25NO. The Balaban J connectivity index is 2.38. The van der Waals surface area contributed by atoms with E-state index < -0.39 is 11.6 Å². The highest BCUT2D eigenvalue weighted by atomic mass is 16.3. The van der Waals surface area contributed by atoms with Crippen molar-refractivity contribution in [3.63, 3.8) is 0 Å². The van der Waals surface area contributed by atoms with Crippen molar-refractivity contribution >= 4 is 0 Å². The third-order valence-electron chi connectivity index (χ3n) is 4.18. The standard InChI is InChI=1S/C16H25NO/c1-15(2,3)12-7-6-8-13(11-12)16(17)10-5-4-9-14(16)18/h6-8,11,14,18H,4-5,9-10,17H2,1-3H3/t14-,16-/m0/s1. The maximum atomic E-state index is 10.3. The van der Waals surface area contributed by atoms with Crippen LogP contribution >= 0.6 is 0 Å². The molecule has 1 aliphatic carbocycles. The second-order valence-electron chi connectivity index (χ2n) is 6.63. The van der Waals surface area contributed by atoms with Gasteiger partial charge in [0.15, 0.2) is 0 Å². The van der Waals surface area contributed by atoms with E-state index in [-0.39, 0.29) is 5.41 Å². The fourth-order valence-corrected chi connectivity index (χ4v) is 2.79. The summed E-state index contributed by atoms with van der Waals surface area (Å²) in [6.45, 7) is 6.60. The molecule has 1 fully saturated rings. The molecule has 0 radical (unpaired) electrons.